The first-order chi connectivity index (χ1) is 11.8. The van der Waals surface area contributed by atoms with Gasteiger partial charge in [0.25, 0.3) is 5.91 Å². The fourth-order valence-corrected chi connectivity index (χ4v) is 3.04. The summed E-state index contributed by atoms with van der Waals surface area (Å²) in [5.74, 6) is -0.312. The maximum atomic E-state index is 12.4. The van der Waals surface area contributed by atoms with Gasteiger partial charge in [0.15, 0.2) is 0 Å². The molecule has 0 unspecified atom stereocenters. The van der Waals surface area contributed by atoms with Gasteiger partial charge in [-0.2, -0.15) is 0 Å². The molecule has 1 fully saturated rings. The first-order valence-corrected chi connectivity index (χ1v) is 8.61. The van der Waals surface area contributed by atoms with E-state index in [0.29, 0.717) is 24.9 Å². The molecule has 25 heavy (non-hydrogen) atoms. The Labute approximate surface area is 149 Å². The van der Waals surface area contributed by atoms with Crippen LogP contribution >= 0.6 is 0 Å². The Hall–Kier alpha value is -2.21. The average Bonchev–Trinajstić information content (AvgIpc) is 2.58. The second-order valence-corrected chi connectivity index (χ2v) is 7.16. The van der Waals surface area contributed by atoms with Crippen molar-refractivity contribution in [3.8, 4) is 0 Å². The molecule has 0 radical (unpaired) electrons. The summed E-state index contributed by atoms with van der Waals surface area (Å²) in [5.41, 5.74) is 1.42. The fraction of sp³-hybridized carbons (Fsp3) is 0.526. The lowest BCUT2D eigenvalue weighted by molar-refractivity contribution is -0.155. The summed E-state index contributed by atoms with van der Waals surface area (Å²) in [6.45, 7) is 4.90. The molecule has 136 valence electrons. The molecule has 6 nitrogen and oxygen atoms in total. The predicted octanol–water partition coefficient (Wildman–Crippen LogP) is 2.00. The Morgan fingerprint density at radius 1 is 1.20 bits per heavy atom. The Morgan fingerprint density at radius 3 is 2.24 bits per heavy atom. The Balaban J connectivity index is 1.96. The molecule has 1 aliphatic rings. The van der Waals surface area contributed by atoms with Crippen molar-refractivity contribution in [1.82, 2.24) is 15.1 Å². The molecule has 1 heterocycles. The molecule has 1 saturated heterocycles. The third-order valence-corrected chi connectivity index (χ3v) is 4.89. The number of imide groups is 1. The highest BCUT2D eigenvalue weighted by Crippen LogP contribution is 2.35. The topological polar surface area (TPSA) is 69.7 Å². The van der Waals surface area contributed by atoms with E-state index in [1.165, 1.54) is 4.90 Å². The Morgan fingerprint density at radius 2 is 1.76 bits per heavy atom. The highest BCUT2D eigenvalue weighted by Gasteiger charge is 2.39. The minimum Gasteiger partial charge on any atom is -0.355 e. The van der Waals surface area contributed by atoms with E-state index < -0.39 is 0 Å². The zero-order valence-electron chi connectivity index (χ0n) is 15.5. The van der Waals surface area contributed by atoms with Crippen LogP contribution in [0.5, 0.6) is 0 Å². The fourth-order valence-electron chi connectivity index (χ4n) is 3.04. The van der Waals surface area contributed by atoms with Crippen LogP contribution in [-0.4, -0.2) is 48.3 Å². The third-order valence-electron chi connectivity index (χ3n) is 4.89. The highest BCUT2D eigenvalue weighted by molar-refractivity contribution is 5.98. The van der Waals surface area contributed by atoms with Crippen LogP contribution in [0.15, 0.2) is 24.3 Å². The molecule has 1 aromatic rings. The number of piperidine rings is 1. The van der Waals surface area contributed by atoms with Crippen molar-refractivity contribution >= 4 is 17.7 Å². The first-order valence-electron chi connectivity index (χ1n) is 8.61. The van der Waals surface area contributed by atoms with Crippen molar-refractivity contribution in [3.63, 3.8) is 0 Å². The van der Waals surface area contributed by atoms with Gasteiger partial charge in [-0.05, 0) is 36.6 Å². The molecule has 0 bridgehead atoms. The lowest BCUT2D eigenvalue weighted by Gasteiger charge is -2.38. The molecule has 0 aliphatic carbocycles. The molecule has 1 aliphatic heterocycles. The van der Waals surface area contributed by atoms with E-state index in [2.05, 4.69) is 5.32 Å². The number of rotatable bonds is 6. The normalized spacial score (nSPS) is 17.1. The van der Waals surface area contributed by atoms with Crippen molar-refractivity contribution in [1.29, 1.82) is 0 Å². The average molecular weight is 345 g/mol. The smallest absolute Gasteiger partial charge is 0.251 e. The van der Waals surface area contributed by atoms with Crippen LogP contribution in [0.1, 0.15) is 49.0 Å². The van der Waals surface area contributed by atoms with Crippen molar-refractivity contribution in [3.05, 3.63) is 35.4 Å². The lowest BCUT2D eigenvalue weighted by Crippen LogP contribution is -2.50. The first kappa shape index (κ1) is 19.1. The number of carbonyl (C=O) groups excluding carboxylic acids is 3. The summed E-state index contributed by atoms with van der Waals surface area (Å²) in [4.78, 5) is 39.6. The largest absolute Gasteiger partial charge is 0.355 e. The van der Waals surface area contributed by atoms with Gasteiger partial charge < -0.3 is 5.32 Å². The van der Waals surface area contributed by atoms with Crippen LogP contribution < -0.4 is 5.32 Å². The van der Waals surface area contributed by atoms with Gasteiger partial charge in [0.05, 0.1) is 6.67 Å². The van der Waals surface area contributed by atoms with Crippen LogP contribution in [0, 0.1) is 5.41 Å². The van der Waals surface area contributed by atoms with Crippen LogP contribution in [-0.2, 0) is 16.1 Å². The summed E-state index contributed by atoms with van der Waals surface area (Å²) in [5, 5.41) is 2.59. The van der Waals surface area contributed by atoms with Gasteiger partial charge in [-0.1, -0.05) is 26.0 Å². The molecule has 0 atom stereocenters. The molecular formula is C19H27N3O3. The molecular weight excluding hydrogens is 318 g/mol. The zero-order valence-corrected chi connectivity index (χ0v) is 15.5. The summed E-state index contributed by atoms with van der Waals surface area (Å²) < 4.78 is 0. The predicted molar refractivity (Wildman–Crippen MR) is 95.7 cm³/mol. The molecule has 1 N–H and O–H groups in total. The highest BCUT2D eigenvalue weighted by atomic mass is 16.2. The number of nitrogens with zero attached hydrogens (tertiary/aromatic N) is 2. The summed E-state index contributed by atoms with van der Waals surface area (Å²) in [7, 11) is 3.47. The SMILES string of the molecule is CCC1(C)CC(=O)N(CN(C)Cc2ccc(C(=O)NC)cc2)C(=O)C1. The van der Waals surface area contributed by atoms with E-state index in [9.17, 15) is 14.4 Å². The maximum Gasteiger partial charge on any atom is 0.251 e. The summed E-state index contributed by atoms with van der Waals surface area (Å²) in [6.07, 6.45) is 1.67. The van der Waals surface area contributed by atoms with E-state index in [1.807, 2.05) is 37.9 Å². The minimum atomic E-state index is -0.209. The van der Waals surface area contributed by atoms with Gasteiger partial charge in [-0.15, -0.1) is 0 Å². The molecule has 6 heteroatoms. The number of carbonyl (C=O) groups is 3. The lowest BCUT2D eigenvalue weighted by atomic mass is 9.77. The molecule has 1 aromatic carbocycles. The van der Waals surface area contributed by atoms with Crippen LogP contribution in [0.4, 0.5) is 0 Å². The van der Waals surface area contributed by atoms with Gasteiger partial charge in [-0.25, -0.2) is 0 Å². The van der Waals surface area contributed by atoms with Gasteiger partial charge in [0.1, 0.15) is 0 Å². The second kappa shape index (κ2) is 7.78. The molecule has 0 spiro atoms. The van der Waals surface area contributed by atoms with Crippen LogP contribution in [0.3, 0.4) is 0 Å². The molecule has 3 amide bonds. The number of likely N-dealkylation sites (tertiary alicyclic amines) is 1. The van der Waals surface area contributed by atoms with Crippen LogP contribution in [0.2, 0.25) is 0 Å². The number of hydrogen-bond donors (Lipinski definition) is 1. The zero-order chi connectivity index (χ0) is 18.6. The minimum absolute atomic E-state index is 0.0950. The van der Waals surface area contributed by atoms with E-state index in [4.69, 9.17) is 0 Å². The van der Waals surface area contributed by atoms with E-state index in [-0.39, 0.29) is 29.8 Å². The monoisotopic (exact) mass is 345 g/mol. The van der Waals surface area contributed by atoms with Crippen LogP contribution in [0.25, 0.3) is 0 Å². The van der Waals surface area contributed by atoms with E-state index >= 15 is 0 Å². The quantitative estimate of drug-likeness (QED) is 0.801. The maximum absolute atomic E-state index is 12.4. The molecule has 0 saturated carbocycles. The number of nitrogens with one attached hydrogen (secondary N) is 1. The third kappa shape index (κ3) is 4.66. The van der Waals surface area contributed by atoms with Gasteiger partial charge >= 0.3 is 0 Å². The summed E-state index contributed by atoms with van der Waals surface area (Å²) >= 11 is 0. The van der Waals surface area contributed by atoms with Gasteiger partial charge in [0.2, 0.25) is 11.8 Å². The van der Waals surface area contributed by atoms with E-state index in [1.54, 1.807) is 19.2 Å². The van der Waals surface area contributed by atoms with Gasteiger partial charge in [0, 0.05) is 32.0 Å². The number of hydrogen-bond acceptors (Lipinski definition) is 4. The standard InChI is InChI=1S/C19H27N3O3/c1-5-19(2)10-16(23)22(17(24)11-19)13-21(4)12-14-6-8-15(9-7-14)18(25)20-3/h6-9H,5,10-13H2,1-4H3,(H,20,25). The van der Waals surface area contributed by atoms with Crippen molar-refractivity contribution in [2.45, 2.75) is 39.7 Å². The van der Waals surface area contributed by atoms with Crippen molar-refractivity contribution in [2.75, 3.05) is 20.8 Å². The number of amides is 3. The van der Waals surface area contributed by atoms with Crippen molar-refractivity contribution < 1.29 is 14.4 Å². The van der Waals surface area contributed by atoms with Gasteiger partial charge in [-0.3, -0.25) is 24.2 Å². The Kier molecular flexibility index (Phi) is 5.95. The number of benzene rings is 1. The molecule has 2 rings (SSSR count). The van der Waals surface area contributed by atoms with Crippen molar-refractivity contribution in [2.24, 2.45) is 5.41 Å². The van der Waals surface area contributed by atoms with E-state index in [0.717, 1.165) is 12.0 Å². The Bertz CT molecular complexity index is 636. The molecule has 0 aromatic heterocycles. The summed E-state index contributed by atoms with van der Waals surface area (Å²) in [6, 6.07) is 7.31. The second-order valence-electron chi connectivity index (χ2n) is 7.16.